The van der Waals surface area contributed by atoms with Gasteiger partial charge in [-0.15, -0.1) is 0 Å². The average molecular weight is 296 g/mol. The zero-order chi connectivity index (χ0) is 14.8. The van der Waals surface area contributed by atoms with Crippen molar-refractivity contribution in [1.82, 2.24) is 19.7 Å². The summed E-state index contributed by atoms with van der Waals surface area (Å²) in [4.78, 5) is 19.9. The van der Waals surface area contributed by atoms with Gasteiger partial charge in [0.1, 0.15) is 0 Å². The van der Waals surface area contributed by atoms with Crippen molar-refractivity contribution in [1.29, 1.82) is 0 Å². The highest BCUT2D eigenvalue weighted by molar-refractivity contribution is 6.11. The molecule has 6 rings (SSSR count). The van der Waals surface area contributed by atoms with Crippen LogP contribution in [-0.4, -0.2) is 45.1 Å². The fraction of sp³-hybridized carbons (Fsp3) is 0.588. The first kappa shape index (κ1) is 12.8. The number of piperidine rings is 3. The SMILES string of the molecule is Cn1nc2c3c(cncc31)C(=O)[C@@H](C1CN3CCC1CC3)C2. The van der Waals surface area contributed by atoms with E-state index in [1.54, 1.807) is 6.20 Å². The third kappa shape index (κ3) is 1.60. The minimum atomic E-state index is 0.0999. The lowest BCUT2D eigenvalue weighted by Crippen LogP contribution is -2.51. The van der Waals surface area contributed by atoms with Crippen LogP contribution in [0.15, 0.2) is 12.4 Å². The first-order valence-corrected chi connectivity index (χ1v) is 8.28. The number of hydrogen-bond acceptors (Lipinski definition) is 4. The molecule has 5 heterocycles. The number of rotatable bonds is 1. The van der Waals surface area contributed by atoms with E-state index in [0.717, 1.165) is 41.0 Å². The molecule has 5 nitrogen and oxygen atoms in total. The van der Waals surface area contributed by atoms with Crippen molar-refractivity contribution in [2.75, 3.05) is 19.6 Å². The van der Waals surface area contributed by atoms with E-state index in [1.165, 1.54) is 25.9 Å². The van der Waals surface area contributed by atoms with E-state index < -0.39 is 0 Å². The van der Waals surface area contributed by atoms with E-state index in [2.05, 4.69) is 15.0 Å². The van der Waals surface area contributed by atoms with Gasteiger partial charge in [0.05, 0.1) is 17.4 Å². The number of aromatic nitrogens is 3. The molecule has 2 aromatic rings. The Morgan fingerprint density at radius 3 is 2.77 bits per heavy atom. The van der Waals surface area contributed by atoms with Gasteiger partial charge < -0.3 is 4.90 Å². The molecule has 0 N–H and O–H groups in total. The molecule has 114 valence electrons. The molecule has 2 bridgehead atoms. The molecule has 0 aromatic carbocycles. The fourth-order valence-corrected chi connectivity index (χ4v) is 4.93. The zero-order valence-electron chi connectivity index (χ0n) is 12.8. The number of hydrogen-bond donors (Lipinski definition) is 0. The molecule has 0 radical (unpaired) electrons. The first-order valence-electron chi connectivity index (χ1n) is 8.28. The summed E-state index contributed by atoms with van der Waals surface area (Å²) in [6.07, 6.45) is 6.89. The average Bonchev–Trinajstić information content (AvgIpc) is 2.89. The number of nitrogens with zero attached hydrogens (tertiary/aromatic N) is 4. The molecule has 1 aliphatic carbocycles. The van der Waals surface area contributed by atoms with E-state index in [0.29, 0.717) is 11.7 Å². The maximum atomic E-state index is 13.1. The largest absolute Gasteiger partial charge is 0.303 e. The lowest BCUT2D eigenvalue weighted by molar-refractivity contribution is 0.0192. The van der Waals surface area contributed by atoms with Crippen molar-refractivity contribution < 1.29 is 4.79 Å². The molecule has 3 saturated heterocycles. The van der Waals surface area contributed by atoms with Gasteiger partial charge in [-0.3, -0.25) is 14.5 Å². The lowest BCUT2D eigenvalue weighted by atomic mass is 9.67. The highest BCUT2D eigenvalue weighted by Crippen LogP contribution is 2.42. The molecule has 0 spiro atoms. The predicted octanol–water partition coefficient (Wildman–Crippen LogP) is 1.67. The maximum absolute atomic E-state index is 13.1. The zero-order valence-corrected chi connectivity index (χ0v) is 12.8. The first-order chi connectivity index (χ1) is 10.7. The molecule has 4 aliphatic rings. The molecular formula is C17H20N4O. The highest BCUT2D eigenvalue weighted by atomic mass is 16.1. The number of Topliss-reactive ketones (excluding diaryl/α,β-unsaturated/α-hetero) is 1. The Kier molecular flexibility index (Phi) is 2.54. The van der Waals surface area contributed by atoms with Gasteiger partial charge in [-0.2, -0.15) is 5.10 Å². The summed E-state index contributed by atoms with van der Waals surface area (Å²) in [6.45, 7) is 3.52. The van der Waals surface area contributed by atoms with Crippen LogP contribution < -0.4 is 0 Å². The number of carbonyl (C=O) groups is 1. The van der Waals surface area contributed by atoms with Crippen LogP contribution in [0.2, 0.25) is 0 Å². The van der Waals surface area contributed by atoms with E-state index in [-0.39, 0.29) is 5.92 Å². The Morgan fingerprint density at radius 2 is 2.05 bits per heavy atom. The molecule has 0 amide bonds. The molecule has 3 aliphatic heterocycles. The van der Waals surface area contributed by atoms with Crippen molar-refractivity contribution in [3.63, 3.8) is 0 Å². The summed E-state index contributed by atoms with van der Waals surface area (Å²) < 4.78 is 1.87. The van der Waals surface area contributed by atoms with Gasteiger partial charge in [-0.1, -0.05) is 0 Å². The molecule has 3 fully saturated rings. The standard InChI is InChI=1S/C17H20N4O/c1-20-15-8-18-7-12-16(15)14(19-20)6-11(17(12)22)13-9-21-4-2-10(13)3-5-21/h7-8,10-11,13H,2-6,9H2,1H3/t11-,13?/m1/s1. The van der Waals surface area contributed by atoms with Gasteiger partial charge in [0, 0.05) is 43.1 Å². The van der Waals surface area contributed by atoms with Crippen LogP contribution >= 0.6 is 0 Å². The maximum Gasteiger partial charge on any atom is 0.168 e. The van der Waals surface area contributed by atoms with E-state index in [9.17, 15) is 4.79 Å². The summed E-state index contributed by atoms with van der Waals surface area (Å²) in [5.74, 6) is 1.62. The summed E-state index contributed by atoms with van der Waals surface area (Å²) in [5, 5.41) is 5.71. The van der Waals surface area contributed by atoms with Gasteiger partial charge in [-0.05, 0) is 37.8 Å². The van der Waals surface area contributed by atoms with E-state index >= 15 is 0 Å². The van der Waals surface area contributed by atoms with Gasteiger partial charge in [0.2, 0.25) is 0 Å². The number of ketones is 1. The third-order valence-corrected chi connectivity index (χ3v) is 6.07. The van der Waals surface area contributed by atoms with Crippen LogP contribution in [-0.2, 0) is 13.5 Å². The summed E-state index contributed by atoms with van der Waals surface area (Å²) >= 11 is 0. The Hall–Kier alpha value is -1.75. The number of carbonyl (C=O) groups excluding carboxylic acids is 1. The van der Waals surface area contributed by atoms with Crippen molar-refractivity contribution in [3.05, 3.63) is 23.7 Å². The van der Waals surface area contributed by atoms with Gasteiger partial charge in [-0.25, -0.2) is 0 Å². The quantitative estimate of drug-likeness (QED) is 0.803. The Labute approximate surface area is 129 Å². The second-order valence-electron chi connectivity index (χ2n) is 7.13. The molecule has 0 saturated carbocycles. The molecule has 5 heteroatoms. The topological polar surface area (TPSA) is 51.0 Å². The van der Waals surface area contributed by atoms with Crippen LogP contribution in [0, 0.1) is 17.8 Å². The minimum Gasteiger partial charge on any atom is -0.303 e. The Morgan fingerprint density at radius 1 is 1.23 bits per heavy atom. The van der Waals surface area contributed by atoms with E-state index in [1.807, 2.05) is 17.9 Å². The van der Waals surface area contributed by atoms with Crippen LogP contribution in [0.3, 0.4) is 0 Å². The van der Waals surface area contributed by atoms with Crippen molar-refractivity contribution in [2.45, 2.75) is 19.3 Å². The molecule has 2 aromatic heterocycles. The molecule has 2 atom stereocenters. The summed E-state index contributed by atoms with van der Waals surface area (Å²) in [7, 11) is 1.94. The van der Waals surface area contributed by atoms with Gasteiger partial charge in [0.15, 0.2) is 5.78 Å². The minimum absolute atomic E-state index is 0.0999. The fourth-order valence-electron chi connectivity index (χ4n) is 4.93. The summed E-state index contributed by atoms with van der Waals surface area (Å²) in [5.41, 5.74) is 2.87. The van der Waals surface area contributed by atoms with Gasteiger partial charge in [0.25, 0.3) is 0 Å². The Balaban J connectivity index is 1.59. The van der Waals surface area contributed by atoms with E-state index in [4.69, 9.17) is 0 Å². The molecule has 22 heavy (non-hydrogen) atoms. The Bertz CT molecular complexity index is 772. The smallest absolute Gasteiger partial charge is 0.168 e. The normalized spacial score (nSPS) is 33.6. The predicted molar refractivity (Wildman–Crippen MR) is 82.7 cm³/mol. The van der Waals surface area contributed by atoms with Crippen molar-refractivity contribution in [3.8, 4) is 0 Å². The second kappa shape index (κ2) is 4.38. The third-order valence-electron chi connectivity index (χ3n) is 6.07. The number of aryl methyl sites for hydroxylation is 1. The van der Waals surface area contributed by atoms with Crippen molar-refractivity contribution in [2.24, 2.45) is 24.8 Å². The second-order valence-corrected chi connectivity index (χ2v) is 7.13. The summed E-state index contributed by atoms with van der Waals surface area (Å²) in [6, 6.07) is 0. The molecule has 1 unspecified atom stereocenters. The van der Waals surface area contributed by atoms with Crippen LogP contribution in [0.4, 0.5) is 0 Å². The van der Waals surface area contributed by atoms with Crippen LogP contribution in [0.1, 0.15) is 28.9 Å². The molecular weight excluding hydrogens is 276 g/mol. The van der Waals surface area contributed by atoms with Crippen LogP contribution in [0.5, 0.6) is 0 Å². The lowest BCUT2D eigenvalue weighted by Gasteiger charge is -2.47. The van der Waals surface area contributed by atoms with Gasteiger partial charge >= 0.3 is 0 Å². The van der Waals surface area contributed by atoms with Crippen LogP contribution in [0.25, 0.3) is 10.9 Å². The number of pyridine rings is 1. The highest BCUT2D eigenvalue weighted by Gasteiger charge is 2.44. The monoisotopic (exact) mass is 296 g/mol. The van der Waals surface area contributed by atoms with Crippen molar-refractivity contribution >= 4 is 16.7 Å². The number of fused-ring (bicyclic) bond motifs is 3.